The number of anilines is 1. The number of aliphatic hydroxyl groups is 1. The first-order valence-electron chi connectivity index (χ1n) is 9.93. The van der Waals surface area contributed by atoms with E-state index >= 15 is 0 Å². The molecule has 1 aliphatic heterocycles. The summed E-state index contributed by atoms with van der Waals surface area (Å²) in [4.78, 5) is 27.6. The lowest BCUT2D eigenvalue weighted by Crippen LogP contribution is -2.41. The van der Waals surface area contributed by atoms with Crippen molar-refractivity contribution in [1.82, 2.24) is 0 Å². The van der Waals surface area contributed by atoms with E-state index in [1.54, 1.807) is 29.2 Å². The van der Waals surface area contributed by atoms with E-state index in [-0.39, 0.29) is 12.2 Å². The van der Waals surface area contributed by atoms with Gasteiger partial charge >= 0.3 is 0 Å². The van der Waals surface area contributed by atoms with Crippen LogP contribution in [-0.4, -0.2) is 16.8 Å². The summed E-state index contributed by atoms with van der Waals surface area (Å²) in [5.41, 5.74) is 2.26. The minimum absolute atomic E-state index is 0.319. The van der Waals surface area contributed by atoms with Gasteiger partial charge in [0.1, 0.15) is 5.76 Å². The fourth-order valence-electron chi connectivity index (χ4n) is 3.86. The topological polar surface area (TPSA) is 70.8 Å². The molecule has 0 aliphatic carbocycles. The highest BCUT2D eigenvalue weighted by atomic mass is 79.9. The Hall–Kier alpha value is -2.96. The highest BCUT2D eigenvalue weighted by Gasteiger charge is 2.50. The molecule has 5 nitrogen and oxygen atoms in total. The van der Waals surface area contributed by atoms with Crippen molar-refractivity contribution < 1.29 is 19.1 Å². The van der Waals surface area contributed by atoms with Gasteiger partial charge in [-0.1, -0.05) is 39.7 Å². The van der Waals surface area contributed by atoms with Crippen LogP contribution < -0.4 is 4.90 Å². The average Bonchev–Trinajstić information content (AvgIpc) is 3.31. The minimum Gasteiger partial charge on any atom is -0.465 e. The molecule has 31 heavy (non-hydrogen) atoms. The third-order valence-corrected chi connectivity index (χ3v) is 6.03. The third kappa shape index (κ3) is 4.13. The Morgan fingerprint density at radius 3 is 2.74 bits per heavy atom. The summed E-state index contributed by atoms with van der Waals surface area (Å²) in [6, 6.07) is 14.8. The van der Waals surface area contributed by atoms with Crippen LogP contribution in [0.1, 0.15) is 34.4 Å². The van der Waals surface area contributed by atoms with E-state index in [0.29, 0.717) is 23.6 Å². The zero-order valence-corrected chi connectivity index (χ0v) is 18.8. The van der Waals surface area contributed by atoms with Gasteiger partial charge in [0.25, 0.3) is 5.91 Å². The maximum absolute atomic E-state index is 13.4. The largest absolute Gasteiger partial charge is 0.465 e. The Morgan fingerprint density at radius 2 is 2.00 bits per heavy atom. The summed E-state index contributed by atoms with van der Waals surface area (Å²) in [6.07, 6.45) is 4.02. The Balaban J connectivity index is 1.67. The molecule has 3 aromatic rings. The number of aryl methyl sites for hydroxylation is 2. The third-order valence-electron chi connectivity index (χ3n) is 5.53. The number of ketones is 1. The van der Waals surface area contributed by atoms with Gasteiger partial charge in [0, 0.05) is 10.0 Å². The molecule has 0 fully saturated rings. The van der Waals surface area contributed by atoms with Crippen LogP contribution in [0.15, 0.2) is 69.8 Å². The number of amides is 1. The summed E-state index contributed by atoms with van der Waals surface area (Å²) in [5.74, 6) is -0.342. The fraction of sp³-hybridized carbons (Fsp3) is 0.200. The second-order valence-corrected chi connectivity index (χ2v) is 8.75. The van der Waals surface area contributed by atoms with E-state index in [1.807, 2.05) is 38.1 Å². The molecule has 4 rings (SSSR count). The van der Waals surface area contributed by atoms with Crippen LogP contribution in [0.25, 0.3) is 6.08 Å². The summed E-state index contributed by atoms with van der Waals surface area (Å²) < 4.78 is 5.92. The van der Waals surface area contributed by atoms with Crippen molar-refractivity contribution in [3.05, 3.63) is 93.4 Å². The van der Waals surface area contributed by atoms with Gasteiger partial charge in [-0.15, -0.1) is 0 Å². The standard InChI is InChI=1S/C25H22BrNO4/c1-16-5-6-17(2)18(12-16)15-27-23-10-7-19(26)13-22(23)25(30,24(27)29)14-20(28)8-9-21-4-3-11-31-21/h3-13,30H,14-15H2,1-2H3/b9-8-/t25-/m1/s1. The molecule has 0 saturated heterocycles. The molecule has 2 heterocycles. The number of nitrogens with zero attached hydrogens (tertiary/aromatic N) is 1. The van der Waals surface area contributed by atoms with Crippen molar-refractivity contribution >= 4 is 39.4 Å². The van der Waals surface area contributed by atoms with Gasteiger partial charge in [0.2, 0.25) is 0 Å². The van der Waals surface area contributed by atoms with Gasteiger partial charge in [-0.05, 0) is 67.5 Å². The molecule has 0 saturated carbocycles. The first-order valence-corrected chi connectivity index (χ1v) is 10.7. The molecule has 2 aromatic carbocycles. The van der Waals surface area contributed by atoms with Crippen LogP contribution in [0.4, 0.5) is 5.69 Å². The molecular weight excluding hydrogens is 458 g/mol. The smallest absolute Gasteiger partial charge is 0.264 e. The van der Waals surface area contributed by atoms with Crippen LogP contribution in [-0.2, 0) is 21.7 Å². The van der Waals surface area contributed by atoms with Crippen LogP contribution in [0, 0.1) is 13.8 Å². The van der Waals surface area contributed by atoms with Gasteiger partial charge in [0.15, 0.2) is 11.4 Å². The number of halogens is 1. The summed E-state index contributed by atoms with van der Waals surface area (Å²) >= 11 is 3.42. The van der Waals surface area contributed by atoms with Crippen molar-refractivity contribution in [3.8, 4) is 0 Å². The van der Waals surface area contributed by atoms with Crippen LogP contribution in [0.5, 0.6) is 0 Å². The molecule has 0 spiro atoms. The van der Waals surface area contributed by atoms with Crippen molar-refractivity contribution in [2.75, 3.05) is 4.90 Å². The molecule has 0 bridgehead atoms. The molecule has 1 atom stereocenters. The number of furan rings is 1. The summed E-state index contributed by atoms with van der Waals surface area (Å²) in [6.45, 7) is 4.31. The SMILES string of the molecule is Cc1ccc(C)c(CN2C(=O)[C@@](O)(CC(=O)/C=C\c3ccco3)c3cc(Br)ccc32)c1. The number of hydrogen-bond acceptors (Lipinski definition) is 4. The zero-order valence-electron chi connectivity index (χ0n) is 17.3. The summed E-state index contributed by atoms with van der Waals surface area (Å²) in [7, 11) is 0. The molecule has 158 valence electrons. The van der Waals surface area contributed by atoms with Gasteiger partial charge in [-0.2, -0.15) is 0 Å². The van der Waals surface area contributed by atoms with Crippen molar-refractivity contribution in [3.63, 3.8) is 0 Å². The lowest BCUT2D eigenvalue weighted by molar-refractivity contribution is -0.140. The average molecular weight is 480 g/mol. The molecule has 0 unspecified atom stereocenters. The van der Waals surface area contributed by atoms with E-state index in [0.717, 1.165) is 21.2 Å². The molecule has 6 heteroatoms. The quantitative estimate of drug-likeness (QED) is 0.501. The van der Waals surface area contributed by atoms with Gasteiger partial charge in [-0.3, -0.25) is 9.59 Å². The van der Waals surface area contributed by atoms with Gasteiger partial charge in [-0.25, -0.2) is 0 Å². The summed E-state index contributed by atoms with van der Waals surface area (Å²) in [5, 5.41) is 11.4. The first-order chi connectivity index (χ1) is 14.8. The second kappa shape index (κ2) is 8.29. The van der Waals surface area contributed by atoms with Crippen LogP contribution in [0.3, 0.4) is 0 Å². The lowest BCUT2D eigenvalue weighted by atomic mass is 9.90. The highest BCUT2D eigenvalue weighted by molar-refractivity contribution is 9.10. The van der Waals surface area contributed by atoms with Crippen LogP contribution in [0.2, 0.25) is 0 Å². The number of hydrogen-bond donors (Lipinski definition) is 1. The normalized spacial score (nSPS) is 18.1. The van der Waals surface area contributed by atoms with Crippen molar-refractivity contribution in [2.24, 2.45) is 0 Å². The number of carbonyl (C=O) groups excluding carboxylic acids is 2. The molecule has 1 aliphatic rings. The maximum atomic E-state index is 13.4. The number of benzene rings is 2. The van der Waals surface area contributed by atoms with Gasteiger partial charge < -0.3 is 14.4 Å². The molecular formula is C25H22BrNO4. The van der Waals surface area contributed by atoms with Crippen molar-refractivity contribution in [2.45, 2.75) is 32.4 Å². The Bertz CT molecular complexity index is 1180. The molecule has 1 aromatic heterocycles. The number of allylic oxidation sites excluding steroid dienone is 1. The Kier molecular flexibility index (Phi) is 5.69. The van der Waals surface area contributed by atoms with Crippen LogP contribution >= 0.6 is 15.9 Å². The number of carbonyl (C=O) groups is 2. The van der Waals surface area contributed by atoms with E-state index in [9.17, 15) is 14.7 Å². The predicted molar refractivity (Wildman–Crippen MR) is 123 cm³/mol. The first kappa shape index (κ1) is 21.3. The van der Waals surface area contributed by atoms with Crippen molar-refractivity contribution in [1.29, 1.82) is 0 Å². The Labute approximate surface area is 189 Å². The fourth-order valence-corrected chi connectivity index (χ4v) is 4.22. The number of rotatable bonds is 6. The number of fused-ring (bicyclic) bond motifs is 1. The lowest BCUT2D eigenvalue weighted by Gasteiger charge is -2.23. The zero-order chi connectivity index (χ0) is 22.2. The monoisotopic (exact) mass is 479 g/mol. The van der Waals surface area contributed by atoms with E-state index in [1.165, 1.54) is 18.4 Å². The molecule has 1 amide bonds. The predicted octanol–water partition coefficient (Wildman–Crippen LogP) is 5.07. The maximum Gasteiger partial charge on any atom is 0.264 e. The Morgan fingerprint density at radius 1 is 1.19 bits per heavy atom. The molecule has 1 N–H and O–H groups in total. The molecule has 0 radical (unpaired) electrons. The van der Waals surface area contributed by atoms with Gasteiger partial charge in [0.05, 0.1) is 24.9 Å². The second-order valence-electron chi connectivity index (χ2n) is 7.83. The van der Waals surface area contributed by atoms with E-state index < -0.39 is 11.5 Å². The van der Waals surface area contributed by atoms with E-state index in [2.05, 4.69) is 15.9 Å². The minimum atomic E-state index is -1.93. The van der Waals surface area contributed by atoms with E-state index in [4.69, 9.17) is 4.42 Å². The highest BCUT2D eigenvalue weighted by Crippen LogP contribution is 2.44.